The Hall–Kier alpha value is -3.06. The Morgan fingerprint density at radius 3 is 3.07 bits per heavy atom. The maximum atomic E-state index is 12.2. The van der Waals surface area contributed by atoms with Crippen molar-refractivity contribution < 1.29 is 18.5 Å². The number of carbonyl (C=O) groups excluding carboxylic acids is 1. The van der Waals surface area contributed by atoms with Gasteiger partial charge in [-0.2, -0.15) is 0 Å². The Bertz CT molecular complexity index is 917. The van der Waals surface area contributed by atoms with Gasteiger partial charge in [0.25, 0.3) is 0 Å². The number of carbonyl (C=O) groups is 1. The van der Waals surface area contributed by atoms with E-state index in [1.807, 2.05) is 30.3 Å². The van der Waals surface area contributed by atoms with Crippen LogP contribution >= 0.6 is 0 Å². The quantitative estimate of drug-likeness (QED) is 0.721. The number of ether oxygens (including phenoxy) is 1. The number of hydrogen-bond donors (Lipinski definition) is 1. The third-order valence-electron chi connectivity index (χ3n) is 4.66. The van der Waals surface area contributed by atoms with Gasteiger partial charge in [-0.1, -0.05) is 17.3 Å². The first-order chi connectivity index (χ1) is 13.2. The SMILES string of the molecule is COc1cccc(-c2noc3c2CN(CC(=O)NCc2ccco2)CC3)c1. The summed E-state index contributed by atoms with van der Waals surface area (Å²) in [6.45, 7) is 2.10. The van der Waals surface area contributed by atoms with Gasteiger partial charge in [0.05, 0.1) is 26.5 Å². The smallest absolute Gasteiger partial charge is 0.234 e. The summed E-state index contributed by atoms with van der Waals surface area (Å²) in [5, 5.41) is 7.14. The summed E-state index contributed by atoms with van der Waals surface area (Å²) in [4.78, 5) is 14.3. The molecule has 0 fully saturated rings. The van der Waals surface area contributed by atoms with E-state index in [9.17, 15) is 4.79 Å². The Balaban J connectivity index is 1.43. The zero-order valence-corrected chi connectivity index (χ0v) is 15.1. The summed E-state index contributed by atoms with van der Waals surface area (Å²) >= 11 is 0. The molecule has 0 spiro atoms. The zero-order valence-electron chi connectivity index (χ0n) is 15.1. The van der Waals surface area contributed by atoms with Gasteiger partial charge in [0.2, 0.25) is 5.91 Å². The molecule has 0 radical (unpaired) electrons. The van der Waals surface area contributed by atoms with E-state index in [2.05, 4.69) is 15.4 Å². The lowest BCUT2D eigenvalue weighted by molar-refractivity contribution is -0.122. The Morgan fingerprint density at radius 2 is 2.26 bits per heavy atom. The first kappa shape index (κ1) is 17.4. The normalized spacial score (nSPS) is 14.0. The zero-order chi connectivity index (χ0) is 18.6. The predicted molar refractivity (Wildman–Crippen MR) is 98.0 cm³/mol. The van der Waals surface area contributed by atoms with Crippen molar-refractivity contribution in [2.75, 3.05) is 20.2 Å². The van der Waals surface area contributed by atoms with Gasteiger partial charge in [0.1, 0.15) is 23.0 Å². The number of fused-ring (bicyclic) bond motifs is 1. The van der Waals surface area contributed by atoms with Crippen molar-refractivity contribution in [3.63, 3.8) is 0 Å². The van der Waals surface area contributed by atoms with E-state index < -0.39 is 0 Å². The van der Waals surface area contributed by atoms with Crippen LogP contribution in [0.4, 0.5) is 0 Å². The first-order valence-electron chi connectivity index (χ1n) is 8.86. The lowest BCUT2D eigenvalue weighted by Crippen LogP contribution is -2.39. The van der Waals surface area contributed by atoms with Gasteiger partial charge in [-0.05, 0) is 24.3 Å². The number of nitrogens with zero attached hydrogens (tertiary/aromatic N) is 2. The third kappa shape index (κ3) is 3.88. The van der Waals surface area contributed by atoms with Crippen molar-refractivity contribution in [2.45, 2.75) is 19.5 Å². The highest BCUT2D eigenvalue weighted by Gasteiger charge is 2.26. The third-order valence-corrected chi connectivity index (χ3v) is 4.66. The van der Waals surface area contributed by atoms with Crippen LogP contribution in [-0.4, -0.2) is 36.2 Å². The Morgan fingerprint density at radius 1 is 1.33 bits per heavy atom. The number of aromatic nitrogens is 1. The molecular weight excluding hydrogens is 346 g/mol. The summed E-state index contributed by atoms with van der Waals surface area (Å²) in [5.41, 5.74) is 2.79. The van der Waals surface area contributed by atoms with Gasteiger partial charge in [-0.15, -0.1) is 0 Å². The van der Waals surface area contributed by atoms with Crippen LogP contribution in [0.5, 0.6) is 5.75 Å². The van der Waals surface area contributed by atoms with E-state index in [0.29, 0.717) is 19.6 Å². The number of benzene rings is 1. The molecule has 0 bridgehead atoms. The summed E-state index contributed by atoms with van der Waals surface area (Å²) < 4.78 is 16.1. The topological polar surface area (TPSA) is 80.7 Å². The number of amides is 1. The van der Waals surface area contributed by atoms with E-state index in [1.165, 1.54) is 0 Å². The summed E-state index contributed by atoms with van der Waals surface area (Å²) in [6.07, 6.45) is 2.33. The predicted octanol–water partition coefficient (Wildman–Crippen LogP) is 2.62. The van der Waals surface area contributed by atoms with Crippen LogP contribution in [0.15, 0.2) is 51.6 Å². The number of methoxy groups -OCH3 is 1. The molecule has 0 unspecified atom stereocenters. The number of hydrogen-bond acceptors (Lipinski definition) is 6. The maximum Gasteiger partial charge on any atom is 0.234 e. The standard InChI is InChI=1S/C20H21N3O4/c1-25-15-5-2-4-14(10-15)20-17-12-23(8-7-18(17)27-22-20)13-19(24)21-11-16-6-3-9-26-16/h2-6,9-10H,7-8,11-13H2,1H3,(H,21,24). The molecule has 2 aromatic heterocycles. The lowest BCUT2D eigenvalue weighted by atomic mass is 10.0. The molecule has 7 nitrogen and oxygen atoms in total. The molecule has 1 aromatic carbocycles. The van der Waals surface area contributed by atoms with E-state index >= 15 is 0 Å². The fraction of sp³-hybridized carbons (Fsp3) is 0.300. The van der Waals surface area contributed by atoms with Crippen LogP contribution in [0.1, 0.15) is 17.1 Å². The minimum absolute atomic E-state index is 0.0331. The van der Waals surface area contributed by atoms with Crippen LogP contribution in [0.3, 0.4) is 0 Å². The van der Waals surface area contributed by atoms with Crippen LogP contribution in [0.2, 0.25) is 0 Å². The van der Waals surface area contributed by atoms with Crippen molar-refractivity contribution in [2.24, 2.45) is 0 Å². The van der Waals surface area contributed by atoms with Crippen LogP contribution in [0, 0.1) is 0 Å². The Kier molecular flexibility index (Phi) is 4.93. The molecule has 4 rings (SSSR count). The van der Waals surface area contributed by atoms with Crippen molar-refractivity contribution in [1.82, 2.24) is 15.4 Å². The minimum atomic E-state index is -0.0331. The largest absolute Gasteiger partial charge is 0.497 e. The molecule has 1 amide bonds. The molecule has 1 aliphatic heterocycles. The van der Waals surface area contributed by atoms with Gasteiger partial charge in [0, 0.05) is 30.6 Å². The molecule has 1 N–H and O–H groups in total. The highest BCUT2D eigenvalue weighted by Crippen LogP contribution is 2.31. The van der Waals surface area contributed by atoms with Crippen LogP contribution < -0.4 is 10.1 Å². The lowest BCUT2D eigenvalue weighted by Gasteiger charge is -2.25. The van der Waals surface area contributed by atoms with Gasteiger partial charge in [-0.25, -0.2) is 0 Å². The first-order valence-corrected chi connectivity index (χ1v) is 8.86. The summed E-state index contributed by atoms with van der Waals surface area (Å²) in [6, 6.07) is 11.4. The molecule has 0 atom stereocenters. The molecule has 0 saturated carbocycles. The monoisotopic (exact) mass is 367 g/mol. The van der Waals surface area contributed by atoms with Crippen molar-refractivity contribution in [3.8, 4) is 17.0 Å². The van der Waals surface area contributed by atoms with Crippen LogP contribution in [0.25, 0.3) is 11.3 Å². The molecule has 0 aliphatic carbocycles. The number of furan rings is 1. The second-order valence-electron chi connectivity index (χ2n) is 6.48. The van der Waals surface area contributed by atoms with E-state index in [1.54, 1.807) is 19.4 Å². The van der Waals surface area contributed by atoms with Crippen LogP contribution in [-0.2, 0) is 24.3 Å². The number of rotatable bonds is 6. The summed E-state index contributed by atoms with van der Waals surface area (Å²) in [5.74, 6) is 2.37. The second-order valence-corrected chi connectivity index (χ2v) is 6.48. The van der Waals surface area contributed by atoms with E-state index in [0.717, 1.165) is 47.1 Å². The maximum absolute atomic E-state index is 12.2. The minimum Gasteiger partial charge on any atom is -0.497 e. The van der Waals surface area contributed by atoms with Gasteiger partial charge in [-0.3, -0.25) is 9.69 Å². The van der Waals surface area contributed by atoms with Crippen molar-refractivity contribution in [3.05, 3.63) is 59.7 Å². The fourth-order valence-electron chi connectivity index (χ4n) is 3.26. The number of nitrogens with one attached hydrogen (secondary N) is 1. The van der Waals surface area contributed by atoms with E-state index in [-0.39, 0.29) is 5.91 Å². The van der Waals surface area contributed by atoms with Crippen molar-refractivity contribution >= 4 is 5.91 Å². The molecule has 140 valence electrons. The second kappa shape index (κ2) is 7.67. The average Bonchev–Trinajstić information content (AvgIpc) is 3.36. The molecule has 0 saturated heterocycles. The molecule has 3 aromatic rings. The summed E-state index contributed by atoms with van der Waals surface area (Å²) in [7, 11) is 1.64. The molecule has 27 heavy (non-hydrogen) atoms. The molecule has 1 aliphatic rings. The van der Waals surface area contributed by atoms with Gasteiger partial charge >= 0.3 is 0 Å². The highest BCUT2D eigenvalue weighted by atomic mass is 16.5. The fourth-order valence-corrected chi connectivity index (χ4v) is 3.26. The molecule has 3 heterocycles. The van der Waals surface area contributed by atoms with E-state index in [4.69, 9.17) is 13.7 Å². The van der Waals surface area contributed by atoms with Gasteiger partial charge in [0.15, 0.2) is 0 Å². The van der Waals surface area contributed by atoms with Crippen molar-refractivity contribution in [1.29, 1.82) is 0 Å². The Labute approximate surface area is 156 Å². The molecular formula is C20H21N3O4. The van der Waals surface area contributed by atoms with Gasteiger partial charge < -0.3 is 19.0 Å². The molecule has 7 heteroatoms. The highest BCUT2D eigenvalue weighted by molar-refractivity contribution is 5.78. The average molecular weight is 367 g/mol.